The first-order valence-corrected chi connectivity index (χ1v) is 8.22. The van der Waals surface area contributed by atoms with Crippen molar-refractivity contribution in [3.8, 4) is 0 Å². The van der Waals surface area contributed by atoms with Crippen molar-refractivity contribution in [2.24, 2.45) is 5.92 Å². The Morgan fingerprint density at radius 2 is 2.29 bits per heavy atom. The van der Waals surface area contributed by atoms with Crippen LogP contribution in [0.4, 0.5) is 0 Å². The van der Waals surface area contributed by atoms with Crippen molar-refractivity contribution in [1.82, 2.24) is 5.32 Å². The largest absolute Gasteiger partial charge is 0.455 e. The molecule has 2 rings (SSSR count). The summed E-state index contributed by atoms with van der Waals surface area (Å²) >= 11 is 5.62. The van der Waals surface area contributed by atoms with E-state index in [0.717, 1.165) is 19.3 Å². The third-order valence-electron chi connectivity index (χ3n) is 4.54. The average molecular weight is 314 g/mol. The molecule has 5 heteroatoms. The molecule has 118 valence electrons. The van der Waals surface area contributed by atoms with Crippen molar-refractivity contribution < 1.29 is 14.3 Å². The van der Waals surface area contributed by atoms with Gasteiger partial charge in [0.05, 0.1) is 0 Å². The highest BCUT2D eigenvalue weighted by molar-refractivity contribution is 6.17. The van der Waals surface area contributed by atoms with Gasteiger partial charge in [-0.15, -0.1) is 11.6 Å². The molecular weight excluding hydrogens is 290 g/mol. The number of carbonyl (C=O) groups excluding carboxylic acids is 2. The summed E-state index contributed by atoms with van der Waals surface area (Å²) in [7, 11) is 0. The number of nitrogens with one attached hydrogen (secondary N) is 1. The fourth-order valence-electron chi connectivity index (χ4n) is 3.16. The van der Waals surface area contributed by atoms with E-state index in [1.807, 2.05) is 13.8 Å². The van der Waals surface area contributed by atoms with Crippen LogP contribution in [0.5, 0.6) is 0 Å². The summed E-state index contributed by atoms with van der Waals surface area (Å²) in [6.07, 6.45) is 9.18. The first-order chi connectivity index (χ1) is 9.91. The van der Waals surface area contributed by atoms with Crippen LogP contribution in [0.2, 0.25) is 0 Å². The predicted molar refractivity (Wildman–Crippen MR) is 82.1 cm³/mol. The highest BCUT2D eigenvalue weighted by Gasteiger charge is 2.65. The molecule has 0 aromatic rings. The SMILES string of the molecule is CC1(C)OC(=O)C1(C[C@@H]1C=CCCC1)NC(=O)CCCCl. The number of hydrogen-bond acceptors (Lipinski definition) is 3. The molecule has 4 nitrogen and oxygen atoms in total. The highest BCUT2D eigenvalue weighted by atomic mass is 35.5. The molecule has 0 aromatic carbocycles. The highest BCUT2D eigenvalue weighted by Crippen LogP contribution is 2.44. The van der Waals surface area contributed by atoms with E-state index in [9.17, 15) is 9.59 Å². The molecule has 2 aliphatic rings. The lowest BCUT2D eigenvalue weighted by Gasteiger charge is -2.54. The van der Waals surface area contributed by atoms with Crippen LogP contribution >= 0.6 is 11.6 Å². The molecular formula is C16H24ClNO3. The van der Waals surface area contributed by atoms with Crippen molar-refractivity contribution in [2.45, 2.75) is 63.5 Å². The summed E-state index contributed by atoms with van der Waals surface area (Å²) in [5.74, 6) is 0.324. The minimum atomic E-state index is -0.900. The number of cyclic esters (lactones) is 1. The summed E-state index contributed by atoms with van der Waals surface area (Å²) < 4.78 is 5.29. The minimum absolute atomic E-state index is 0.125. The third kappa shape index (κ3) is 3.25. The molecule has 1 aliphatic heterocycles. The van der Waals surface area contributed by atoms with Gasteiger partial charge in [0.25, 0.3) is 0 Å². The van der Waals surface area contributed by atoms with Gasteiger partial charge in [-0.05, 0) is 51.9 Å². The fraction of sp³-hybridized carbons (Fsp3) is 0.750. The predicted octanol–water partition coefficient (Wildman–Crippen LogP) is 2.94. The van der Waals surface area contributed by atoms with E-state index in [4.69, 9.17) is 16.3 Å². The Morgan fingerprint density at radius 1 is 1.52 bits per heavy atom. The van der Waals surface area contributed by atoms with Gasteiger partial charge in [0.1, 0.15) is 5.60 Å². The van der Waals surface area contributed by atoms with Gasteiger partial charge in [0.2, 0.25) is 5.91 Å². The van der Waals surface area contributed by atoms with Gasteiger partial charge in [-0.3, -0.25) is 4.79 Å². The first kappa shape index (κ1) is 16.3. The molecule has 1 amide bonds. The molecule has 1 unspecified atom stereocenters. The Morgan fingerprint density at radius 3 is 2.81 bits per heavy atom. The van der Waals surface area contributed by atoms with Gasteiger partial charge in [-0.2, -0.15) is 0 Å². The smallest absolute Gasteiger partial charge is 0.336 e. The minimum Gasteiger partial charge on any atom is -0.455 e. The molecule has 0 bridgehead atoms. The summed E-state index contributed by atoms with van der Waals surface area (Å²) in [5.41, 5.74) is -1.56. The zero-order chi connectivity index (χ0) is 15.5. The Bertz CT molecular complexity index is 447. The van der Waals surface area contributed by atoms with Crippen molar-refractivity contribution in [2.75, 3.05) is 5.88 Å². The third-order valence-corrected chi connectivity index (χ3v) is 4.80. The number of allylic oxidation sites excluding steroid dienone is 2. The van der Waals surface area contributed by atoms with Crippen molar-refractivity contribution in [3.05, 3.63) is 12.2 Å². The summed E-state index contributed by atoms with van der Waals surface area (Å²) in [6, 6.07) is 0. The van der Waals surface area contributed by atoms with Gasteiger partial charge in [0, 0.05) is 12.3 Å². The van der Waals surface area contributed by atoms with E-state index in [1.54, 1.807) is 0 Å². The van der Waals surface area contributed by atoms with E-state index in [1.165, 1.54) is 0 Å². The summed E-state index contributed by atoms with van der Waals surface area (Å²) in [4.78, 5) is 24.3. The topological polar surface area (TPSA) is 55.4 Å². The number of ether oxygens (including phenoxy) is 1. The van der Waals surface area contributed by atoms with Crippen molar-refractivity contribution in [1.29, 1.82) is 0 Å². The van der Waals surface area contributed by atoms with E-state index >= 15 is 0 Å². The van der Waals surface area contributed by atoms with Crippen LogP contribution < -0.4 is 5.32 Å². The van der Waals surface area contributed by atoms with Crippen LogP contribution in [0.3, 0.4) is 0 Å². The van der Waals surface area contributed by atoms with Crippen LogP contribution in [-0.2, 0) is 14.3 Å². The van der Waals surface area contributed by atoms with Gasteiger partial charge in [-0.1, -0.05) is 12.2 Å². The van der Waals surface area contributed by atoms with Crippen molar-refractivity contribution in [3.63, 3.8) is 0 Å². The monoisotopic (exact) mass is 313 g/mol. The maximum Gasteiger partial charge on any atom is 0.336 e. The second-order valence-corrected chi connectivity index (χ2v) is 6.85. The fourth-order valence-corrected chi connectivity index (χ4v) is 3.29. The summed E-state index contributed by atoms with van der Waals surface area (Å²) in [6.45, 7) is 3.73. The van der Waals surface area contributed by atoms with Gasteiger partial charge >= 0.3 is 5.97 Å². The molecule has 1 fully saturated rings. The van der Waals surface area contributed by atoms with Crippen LogP contribution in [0.15, 0.2) is 12.2 Å². The number of alkyl halides is 1. The Labute approximate surface area is 131 Å². The second kappa shape index (κ2) is 6.39. The lowest BCUT2D eigenvalue weighted by Crippen LogP contribution is -2.77. The Hall–Kier alpha value is -1.03. The van der Waals surface area contributed by atoms with Gasteiger partial charge < -0.3 is 10.1 Å². The van der Waals surface area contributed by atoms with E-state index in [2.05, 4.69) is 17.5 Å². The normalized spacial score (nSPS) is 30.4. The maximum absolute atomic E-state index is 12.2. The molecule has 1 saturated heterocycles. The van der Waals surface area contributed by atoms with Crippen LogP contribution in [0.1, 0.15) is 52.4 Å². The van der Waals surface area contributed by atoms with Gasteiger partial charge in [-0.25, -0.2) is 4.79 Å². The first-order valence-electron chi connectivity index (χ1n) is 7.68. The molecule has 0 radical (unpaired) electrons. The standard InChI is InChI=1S/C16H24ClNO3/c1-15(2)16(14(20)21-15,18-13(19)9-6-10-17)11-12-7-4-3-5-8-12/h4,7,12H,3,5-6,8-11H2,1-2H3,(H,18,19)/t12-,16?/m1/s1. The Balaban J connectivity index is 2.11. The van der Waals surface area contributed by atoms with E-state index in [-0.39, 0.29) is 11.9 Å². The zero-order valence-electron chi connectivity index (χ0n) is 12.8. The lowest BCUT2D eigenvalue weighted by molar-refractivity contribution is -0.219. The molecule has 1 heterocycles. The van der Waals surface area contributed by atoms with E-state index in [0.29, 0.717) is 31.1 Å². The molecule has 21 heavy (non-hydrogen) atoms. The molecule has 0 spiro atoms. The molecule has 0 saturated carbocycles. The Kier molecular flexibility index (Phi) is 4.97. The second-order valence-electron chi connectivity index (χ2n) is 6.47. The number of hydrogen-bond donors (Lipinski definition) is 1. The average Bonchev–Trinajstić information content (AvgIpc) is 2.45. The number of amides is 1. The number of esters is 1. The molecule has 0 aromatic heterocycles. The molecule has 1 N–H and O–H groups in total. The number of carbonyl (C=O) groups is 2. The number of rotatable bonds is 6. The van der Waals surface area contributed by atoms with Gasteiger partial charge in [0.15, 0.2) is 5.54 Å². The number of halogens is 1. The van der Waals surface area contributed by atoms with Crippen molar-refractivity contribution >= 4 is 23.5 Å². The lowest BCUT2D eigenvalue weighted by atomic mass is 9.69. The van der Waals surface area contributed by atoms with Crippen LogP contribution in [0.25, 0.3) is 0 Å². The van der Waals surface area contributed by atoms with E-state index < -0.39 is 11.1 Å². The molecule has 1 aliphatic carbocycles. The van der Waals surface area contributed by atoms with Crippen LogP contribution in [0, 0.1) is 5.92 Å². The van der Waals surface area contributed by atoms with Crippen LogP contribution in [-0.4, -0.2) is 28.9 Å². The maximum atomic E-state index is 12.2. The summed E-state index contributed by atoms with van der Waals surface area (Å²) in [5, 5.41) is 2.95. The molecule has 2 atom stereocenters. The quantitative estimate of drug-likeness (QED) is 0.466. The zero-order valence-corrected chi connectivity index (χ0v) is 13.5.